The molecule has 2 aromatic rings. The van der Waals surface area contributed by atoms with E-state index in [0.717, 1.165) is 0 Å². The summed E-state index contributed by atoms with van der Waals surface area (Å²) in [5.41, 5.74) is 0.214. The molecule has 25 heavy (non-hydrogen) atoms. The number of rotatable bonds is 6. The third-order valence-corrected chi connectivity index (χ3v) is 3.91. The number of benzene rings is 1. The third-order valence-electron chi connectivity index (χ3n) is 3.91. The van der Waals surface area contributed by atoms with Gasteiger partial charge in [0.25, 0.3) is 0 Å². The molecular weight excluding hydrogens is 325 g/mol. The van der Waals surface area contributed by atoms with Crippen molar-refractivity contribution in [2.75, 3.05) is 29.9 Å². The second kappa shape index (κ2) is 7.69. The maximum atomic E-state index is 13.8. The maximum absolute atomic E-state index is 13.8. The first kappa shape index (κ1) is 16.8. The summed E-state index contributed by atoms with van der Waals surface area (Å²) < 4.78 is 13.8. The highest BCUT2D eigenvalue weighted by Crippen LogP contribution is 2.27. The summed E-state index contributed by atoms with van der Waals surface area (Å²) in [6.07, 6.45) is 3.32. The second-order valence-corrected chi connectivity index (χ2v) is 5.65. The number of halogens is 1. The van der Waals surface area contributed by atoms with Gasteiger partial charge < -0.3 is 15.5 Å². The van der Waals surface area contributed by atoms with Gasteiger partial charge in [0.05, 0.1) is 11.6 Å². The number of carbonyl (C=O) groups excluding carboxylic acids is 2. The van der Waals surface area contributed by atoms with Crippen LogP contribution in [0.5, 0.6) is 0 Å². The summed E-state index contributed by atoms with van der Waals surface area (Å²) in [5.74, 6) is -0.938. The van der Waals surface area contributed by atoms with Crippen molar-refractivity contribution in [3.8, 4) is 0 Å². The Balaban J connectivity index is 1.49. The van der Waals surface area contributed by atoms with Gasteiger partial charge in [0.2, 0.25) is 17.8 Å². The predicted molar refractivity (Wildman–Crippen MR) is 90.4 cm³/mol. The smallest absolute Gasteiger partial charge is 0.227 e. The Hall–Kier alpha value is -3.03. The van der Waals surface area contributed by atoms with Crippen molar-refractivity contribution in [3.05, 3.63) is 48.5 Å². The molecule has 0 bridgehead atoms. The first-order valence-electron chi connectivity index (χ1n) is 7.98. The third kappa shape index (κ3) is 4.09. The minimum Gasteiger partial charge on any atom is -0.354 e. The zero-order valence-electron chi connectivity index (χ0n) is 13.5. The molecule has 0 radical (unpaired) electrons. The van der Waals surface area contributed by atoms with E-state index in [0.29, 0.717) is 19.0 Å². The highest BCUT2D eigenvalue weighted by atomic mass is 19.1. The molecule has 1 atom stereocenters. The van der Waals surface area contributed by atoms with Crippen molar-refractivity contribution in [1.82, 2.24) is 15.3 Å². The highest BCUT2D eigenvalue weighted by molar-refractivity contribution is 6.00. The molecule has 2 N–H and O–H groups in total. The Bertz CT molecular complexity index is 756. The lowest BCUT2D eigenvalue weighted by atomic mass is 10.1. The van der Waals surface area contributed by atoms with Gasteiger partial charge in [-0.05, 0) is 18.2 Å². The van der Waals surface area contributed by atoms with Gasteiger partial charge in [-0.25, -0.2) is 14.4 Å². The fourth-order valence-electron chi connectivity index (χ4n) is 2.68. The van der Waals surface area contributed by atoms with Crippen molar-refractivity contribution in [1.29, 1.82) is 0 Å². The van der Waals surface area contributed by atoms with Crippen LogP contribution in [0.4, 0.5) is 16.0 Å². The Kier molecular flexibility index (Phi) is 5.17. The molecule has 0 aliphatic carbocycles. The lowest BCUT2D eigenvalue weighted by molar-refractivity contribution is -0.126. The summed E-state index contributed by atoms with van der Waals surface area (Å²) in [5, 5.41) is 5.75. The van der Waals surface area contributed by atoms with Crippen LogP contribution in [0.2, 0.25) is 0 Å². The largest absolute Gasteiger partial charge is 0.354 e. The summed E-state index contributed by atoms with van der Waals surface area (Å²) in [6.45, 7) is 1.02. The molecule has 8 heteroatoms. The van der Waals surface area contributed by atoms with Crippen LogP contribution in [0.1, 0.15) is 6.42 Å². The Morgan fingerprint density at radius 2 is 1.96 bits per heavy atom. The molecule has 3 rings (SSSR count). The van der Waals surface area contributed by atoms with E-state index in [1.165, 1.54) is 17.0 Å². The Morgan fingerprint density at radius 1 is 1.20 bits per heavy atom. The summed E-state index contributed by atoms with van der Waals surface area (Å²) >= 11 is 0. The summed E-state index contributed by atoms with van der Waals surface area (Å²) in [6, 6.07) is 7.78. The number of hydrogen-bond donors (Lipinski definition) is 2. The molecule has 130 valence electrons. The number of nitrogens with one attached hydrogen (secondary N) is 2. The number of anilines is 2. The molecule has 0 spiro atoms. The average Bonchev–Trinajstić information content (AvgIpc) is 3.01. The number of nitrogens with zero attached hydrogens (tertiary/aromatic N) is 3. The van der Waals surface area contributed by atoms with Crippen LogP contribution >= 0.6 is 0 Å². The lowest BCUT2D eigenvalue weighted by Crippen LogP contribution is -2.35. The first-order chi connectivity index (χ1) is 12.1. The molecule has 1 fully saturated rings. The normalized spacial score (nSPS) is 16.8. The van der Waals surface area contributed by atoms with E-state index in [2.05, 4.69) is 20.6 Å². The molecule has 7 nitrogen and oxygen atoms in total. The number of carbonyl (C=O) groups is 2. The van der Waals surface area contributed by atoms with Gasteiger partial charge in [0.15, 0.2) is 0 Å². The molecule has 0 saturated carbocycles. The fourth-order valence-corrected chi connectivity index (χ4v) is 2.68. The average molecular weight is 343 g/mol. The molecule has 1 saturated heterocycles. The van der Waals surface area contributed by atoms with Gasteiger partial charge >= 0.3 is 0 Å². The van der Waals surface area contributed by atoms with Crippen molar-refractivity contribution < 1.29 is 14.0 Å². The van der Waals surface area contributed by atoms with Crippen molar-refractivity contribution in [3.63, 3.8) is 0 Å². The molecule has 2 heterocycles. The quantitative estimate of drug-likeness (QED) is 0.770. The minimum absolute atomic E-state index is 0.0788. The zero-order chi connectivity index (χ0) is 17.6. The molecule has 1 aliphatic heterocycles. The van der Waals surface area contributed by atoms with Crippen LogP contribution < -0.4 is 15.5 Å². The van der Waals surface area contributed by atoms with Crippen molar-refractivity contribution in [2.45, 2.75) is 6.42 Å². The summed E-state index contributed by atoms with van der Waals surface area (Å²) in [4.78, 5) is 33.7. The molecular formula is C17H18FN5O2. The van der Waals surface area contributed by atoms with Crippen LogP contribution in [0.3, 0.4) is 0 Å². The number of aromatic nitrogens is 2. The van der Waals surface area contributed by atoms with Gasteiger partial charge in [0.1, 0.15) is 5.82 Å². The number of para-hydroxylation sites is 1. The molecule has 1 aliphatic rings. The zero-order valence-corrected chi connectivity index (χ0v) is 13.5. The van der Waals surface area contributed by atoms with Gasteiger partial charge in [0, 0.05) is 38.4 Å². The maximum Gasteiger partial charge on any atom is 0.227 e. The van der Waals surface area contributed by atoms with E-state index < -0.39 is 11.7 Å². The number of hydrogen-bond acceptors (Lipinski definition) is 5. The molecule has 1 aromatic carbocycles. The van der Waals surface area contributed by atoms with Crippen molar-refractivity contribution >= 4 is 23.5 Å². The van der Waals surface area contributed by atoms with Gasteiger partial charge in [-0.3, -0.25) is 9.59 Å². The fraction of sp³-hybridized carbons (Fsp3) is 0.294. The topological polar surface area (TPSA) is 87.2 Å². The van der Waals surface area contributed by atoms with Crippen LogP contribution in [0, 0.1) is 11.7 Å². The Labute approximate surface area is 144 Å². The van der Waals surface area contributed by atoms with Gasteiger partial charge in [-0.2, -0.15) is 0 Å². The van der Waals surface area contributed by atoms with Crippen molar-refractivity contribution in [2.24, 2.45) is 5.92 Å². The monoisotopic (exact) mass is 343 g/mol. The van der Waals surface area contributed by atoms with E-state index in [1.54, 1.807) is 30.6 Å². The van der Waals surface area contributed by atoms with Crippen LogP contribution in [-0.2, 0) is 9.59 Å². The van der Waals surface area contributed by atoms with Gasteiger partial charge in [-0.1, -0.05) is 12.1 Å². The highest BCUT2D eigenvalue weighted by Gasteiger charge is 2.35. The van der Waals surface area contributed by atoms with Crippen LogP contribution in [-0.4, -0.2) is 41.4 Å². The lowest BCUT2D eigenvalue weighted by Gasteiger charge is -2.17. The second-order valence-electron chi connectivity index (χ2n) is 5.65. The van der Waals surface area contributed by atoms with E-state index in [-0.39, 0.29) is 30.5 Å². The predicted octanol–water partition coefficient (Wildman–Crippen LogP) is 1.20. The minimum atomic E-state index is -0.486. The molecule has 2 amide bonds. The summed E-state index contributed by atoms with van der Waals surface area (Å²) in [7, 11) is 0. The van der Waals surface area contributed by atoms with E-state index in [1.807, 2.05) is 0 Å². The van der Waals surface area contributed by atoms with E-state index in [4.69, 9.17) is 0 Å². The molecule has 1 aromatic heterocycles. The first-order valence-corrected chi connectivity index (χ1v) is 7.98. The van der Waals surface area contributed by atoms with Gasteiger partial charge in [-0.15, -0.1) is 0 Å². The Morgan fingerprint density at radius 3 is 2.72 bits per heavy atom. The van der Waals surface area contributed by atoms with Crippen LogP contribution in [0.25, 0.3) is 0 Å². The van der Waals surface area contributed by atoms with Crippen LogP contribution in [0.15, 0.2) is 42.7 Å². The SMILES string of the molecule is O=C(NCCNc1ncccn1)[C@@H]1CC(=O)N(c2ccccc2F)C1. The standard InChI is InChI=1S/C17H18FN5O2/c18-13-4-1-2-5-14(13)23-11-12(10-15(23)24)16(25)19-8-9-22-17-20-6-3-7-21-17/h1-7,12H,8-11H2,(H,19,25)(H,20,21,22)/t12-/m1/s1. The molecule has 0 unspecified atom stereocenters. The van der Waals surface area contributed by atoms with E-state index >= 15 is 0 Å². The number of amides is 2. The van der Waals surface area contributed by atoms with E-state index in [9.17, 15) is 14.0 Å².